The number of anilines is 1. The Balaban J connectivity index is 1.91. The van der Waals surface area contributed by atoms with E-state index in [0.29, 0.717) is 0 Å². The molecule has 0 bridgehead atoms. The van der Waals surface area contributed by atoms with Crippen LogP contribution in [0.2, 0.25) is 0 Å². The van der Waals surface area contributed by atoms with Crippen LogP contribution >= 0.6 is 0 Å². The predicted octanol–water partition coefficient (Wildman–Crippen LogP) is 1.63. The maximum absolute atomic E-state index is 5.33. The van der Waals surface area contributed by atoms with Crippen molar-refractivity contribution in [3.8, 4) is 0 Å². The van der Waals surface area contributed by atoms with Gasteiger partial charge in [0.15, 0.2) is 12.0 Å². The Kier molecular flexibility index (Phi) is 2.50. The van der Waals surface area contributed by atoms with Crippen molar-refractivity contribution in [3.05, 3.63) is 24.6 Å². The van der Waals surface area contributed by atoms with Gasteiger partial charge in [-0.05, 0) is 25.1 Å². The topological polar surface area (TPSA) is 41.3 Å². The molecule has 0 amide bonds. The van der Waals surface area contributed by atoms with Gasteiger partial charge in [0, 0.05) is 31.4 Å². The second kappa shape index (κ2) is 4.14. The number of aromatic nitrogens is 1. The van der Waals surface area contributed by atoms with Crippen LogP contribution in [0.3, 0.4) is 0 Å². The van der Waals surface area contributed by atoms with E-state index in [1.807, 2.05) is 6.07 Å². The molecule has 1 saturated heterocycles. The van der Waals surface area contributed by atoms with E-state index >= 15 is 0 Å². The maximum atomic E-state index is 5.33. The maximum Gasteiger partial charge on any atom is 0.181 e. The minimum atomic E-state index is 0.870. The molecule has 3 rings (SSSR count). The zero-order chi connectivity index (χ0) is 10.8. The molecule has 1 N–H and O–H groups in total. The lowest BCUT2D eigenvalue weighted by atomic mass is 10.2. The van der Waals surface area contributed by atoms with Crippen molar-refractivity contribution in [1.29, 1.82) is 0 Å². The molecule has 0 aliphatic carbocycles. The molecule has 16 heavy (non-hydrogen) atoms. The minimum absolute atomic E-state index is 0.870. The number of hydrogen-bond donors (Lipinski definition) is 1. The van der Waals surface area contributed by atoms with Crippen LogP contribution in [0.1, 0.15) is 6.42 Å². The highest BCUT2D eigenvalue weighted by Crippen LogP contribution is 2.21. The number of nitrogens with one attached hydrogen (secondary N) is 1. The number of rotatable bonds is 1. The first-order valence-corrected chi connectivity index (χ1v) is 5.72. The van der Waals surface area contributed by atoms with Gasteiger partial charge in [-0.3, -0.25) is 0 Å². The first kappa shape index (κ1) is 9.66. The van der Waals surface area contributed by atoms with E-state index in [1.165, 1.54) is 18.5 Å². The molecule has 1 aliphatic heterocycles. The second-order valence-corrected chi connectivity index (χ2v) is 4.09. The van der Waals surface area contributed by atoms with Crippen LogP contribution in [-0.4, -0.2) is 31.2 Å². The smallest absolute Gasteiger partial charge is 0.181 e. The molecule has 0 radical (unpaired) electrons. The number of oxazole rings is 1. The quantitative estimate of drug-likeness (QED) is 0.788. The standard InChI is InChI=1S/C12H15N3O/c1-4-13-5-7-15(6-1)10-2-3-11-12(8-10)16-9-14-11/h2-3,8-9,13H,1,4-7H2. The van der Waals surface area contributed by atoms with E-state index in [-0.39, 0.29) is 0 Å². The molecule has 0 spiro atoms. The van der Waals surface area contributed by atoms with E-state index in [9.17, 15) is 0 Å². The van der Waals surface area contributed by atoms with Gasteiger partial charge in [0.05, 0.1) is 0 Å². The normalized spacial score (nSPS) is 17.6. The lowest BCUT2D eigenvalue weighted by Gasteiger charge is -2.21. The van der Waals surface area contributed by atoms with Gasteiger partial charge >= 0.3 is 0 Å². The largest absolute Gasteiger partial charge is 0.443 e. The Hall–Kier alpha value is -1.55. The average molecular weight is 217 g/mol. The molecule has 1 aliphatic rings. The minimum Gasteiger partial charge on any atom is -0.443 e. The molecule has 84 valence electrons. The monoisotopic (exact) mass is 217 g/mol. The van der Waals surface area contributed by atoms with Gasteiger partial charge in [-0.1, -0.05) is 0 Å². The third-order valence-corrected chi connectivity index (χ3v) is 3.02. The zero-order valence-electron chi connectivity index (χ0n) is 9.15. The summed E-state index contributed by atoms with van der Waals surface area (Å²) in [6.07, 6.45) is 2.69. The Morgan fingerprint density at radius 1 is 1.25 bits per heavy atom. The van der Waals surface area contributed by atoms with Gasteiger partial charge in [0.1, 0.15) is 5.52 Å². The Labute approximate surface area is 94.3 Å². The second-order valence-electron chi connectivity index (χ2n) is 4.09. The summed E-state index contributed by atoms with van der Waals surface area (Å²) in [5.74, 6) is 0. The first-order chi connectivity index (χ1) is 7.93. The van der Waals surface area contributed by atoms with Gasteiger partial charge in [-0.2, -0.15) is 0 Å². The summed E-state index contributed by atoms with van der Waals surface area (Å²) in [6, 6.07) is 6.22. The molecule has 1 fully saturated rings. The molecule has 1 aromatic heterocycles. The van der Waals surface area contributed by atoms with Crippen molar-refractivity contribution < 1.29 is 4.42 Å². The van der Waals surface area contributed by atoms with Crippen molar-refractivity contribution in [2.24, 2.45) is 0 Å². The van der Waals surface area contributed by atoms with Crippen LogP contribution in [0.15, 0.2) is 29.0 Å². The highest BCUT2D eigenvalue weighted by molar-refractivity contribution is 5.77. The van der Waals surface area contributed by atoms with Crippen LogP contribution in [-0.2, 0) is 0 Å². The van der Waals surface area contributed by atoms with Gasteiger partial charge < -0.3 is 14.6 Å². The molecule has 0 unspecified atom stereocenters. The van der Waals surface area contributed by atoms with Crippen LogP contribution in [0.4, 0.5) is 5.69 Å². The fourth-order valence-electron chi connectivity index (χ4n) is 2.14. The Morgan fingerprint density at radius 3 is 3.25 bits per heavy atom. The summed E-state index contributed by atoms with van der Waals surface area (Å²) in [5, 5.41) is 3.40. The van der Waals surface area contributed by atoms with Crippen LogP contribution < -0.4 is 10.2 Å². The van der Waals surface area contributed by atoms with E-state index in [0.717, 1.165) is 37.3 Å². The van der Waals surface area contributed by atoms with E-state index < -0.39 is 0 Å². The first-order valence-electron chi connectivity index (χ1n) is 5.72. The van der Waals surface area contributed by atoms with E-state index in [1.54, 1.807) is 0 Å². The van der Waals surface area contributed by atoms with E-state index in [4.69, 9.17) is 4.42 Å². The van der Waals surface area contributed by atoms with Gasteiger partial charge in [0.25, 0.3) is 0 Å². The van der Waals surface area contributed by atoms with E-state index in [2.05, 4.69) is 27.3 Å². The molecular weight excluding hydrogens is 202 g/mol. The molecule has 0 atom stereocenters. The lowest BCUT2D eigenvalue weighted by Crippen LogP contribution is -2.27. The summed E-state index contributed by atoms with van der Waals surface area (Å²) in [4.78, 5) is 6.52. The molecule has 2 heterocycles. The zero-order valence-corrected chi connectivity index (χ0v) is 9.15. The molecular formula is C12H15N3O. The summed E-state index contributed by atoms with van der Waals surface area (Å²) in [6.45, 7) is 4.32. The van der Waals surface area contributed by atoms with Gasteiger partial charge in [-0.15, -0.1) is 0 Å². The fourth-order valence-corrected chi connectivity index (χ4v) is 2.14. The van der Waals surface area contributed by atoms with Crippen molar-refractivity contribution in [3.63, 3.8) is 0 Å². The molecule has 4 nitrogen and oxygen atoms in total. The summed E-state index contributed by atoms with van der Waals surface area (Å²) < 4.78 is 5.33. The molecule has 2 aromatic rings. The van der Waals surface area contributed by atoms with Crippen molar-refractivity contribution in [1.82, 2.24) is 10.3 Å². The summed E-state index contributed by atoms with van der Waals surface area (Å²) in [7, 11) is 0. The SMILES string of the molecule is c1nc2ccc(N3CCCNCC3)cc2o1. The van der Waals surface area contributed by atoms with Gasteiger partial charge in [0.2, 0.25) is 0 Å². The highest BCUT2D eigenvalue weighted by Gasteiger charge is 2.10. The molecule has 4 heteroatoms. The number of hydrogen-bond acceptors (Lipinski definition) is 4. The molecule has 1 aromatic carbocycles. The third kappa shape index (κ3) is 1.76. The number of nitrogens with zero attached hydrogens (tertiary/aromatic N) is 2. The van der Waals surface area contributed by atoms with Crippen molar-refractivity contribution in [2.45, 2.75) is 6.42 Å². The number of fused-ring (bicyclic) bond motifs is 1. The molecule has 0 saturated carbocycles. The fraction of sp³-hybridized carbons (Fsp3) is 0.417. The average Bonchev–Trinajstić information content (AvgIpc) is 2.61. The lowest BCUT2D eigenvalue weighted by molar-refractivity contribution is 0.602. The van der Waals surface area contributed by atoms with Crippen molar-refractivity contribution in [2.75, 3.05) is 31.1 Å². The predicted molar refractivity (Wildman–Crippen MR) is 63.7 cm³/mol. The number of benzene rings is 1. The Morgan fingerprint density at radius 2 is 2.25 bits per heavy atom. The Bertz CT molecular complexity index is 472. The van der Waals surface area contributed by atoms with Gasteiger partial charge in [-0.25, -0.2) is 4.98 Å². The van der Waals surface area contributed by atoms with Crippen LogP contribution in [0.25, 0.3) is 11.1 Å². The summed E-state index contributed by atoms with van der Waals surface area (Å²) >= 11 is 0. The van der Waals surface area contributed by atoms with Crippen molar-refractivity contribution >= 4 is 16.8 Å². The third-order valence-electron chi connectivity index (χ3n) is 3.02. The van der Waals surface area contributed by atoms with Crippen LogP contribution in [0.5, 0.6) is 0 Å². The highest BCUT2D eigenvalue weighted by atomic mass is 16.3. The summed E-state index contributed by atoms with van der Waals surface area (Å²) in [5.41, 5.74) is 3.03. The van der Waals surface area contributed by atoms with Crippen LogP contribution in [0, 0.1) is 0 Å².